The lowest BCUT2D eigenvalue weighted by Crippen LogP contribution is -2.21. The van der Waals surface area contributed by atoms with Crippen LogP contribution in [0.5, 0.6) is 0 Å². The van der Waals surface area contributed by atoms with E-state index in [-0.39, 0.29) is 5.57 Å². The Balaban J connectivity index is 1.99. The van der Waals surface area contributed by atoms with Crippen LogP contribution in [-0.4, -0.2) is 21.5 Å². The Morgan fingerprint density at radius 3 is 2.34 bits per heavy atom. The van der Waals surface area contributed by atoms with Crippen LogP contribution in [0.25, 0.3) is 27.7 Å². The highest BCUT2D eigenvalue weighted by Crippen LogP contribution is 2.31. The predicted molar refractivity (Wildman–Crippen MR) is 117 cm³/mol. The lowest BCUT2D eigenvalue weighted by Gasteiger charge is -2.21. The normalized spacial score (nSPS) is 12.5. The Hall–Kier alpha value is -3.08. The van der Waals surface area contributed by atoms with E-state index in [0.29, 0.717) is 11.5 Å². The molecule has 0 radical (unpaired) electrons. The van der Waals surface area contributed by atoms with E-state index in [4.69, 9.17) is 14.8 Å². The number of benzene rings is 2. The first-order valence-corrected chi connectivity index (χ1v) is 10.9. The molecule has 2 N–H and O–H groups in total. The molecule has 6 nitrogen and oxygen atoms in total. The molecule has 0 amide bonds. The Morgan fingerprint density at radius 2 is 1.72 bits per heavy atom. The fourth-order valence-electron chi connectivity index (χ4n) is 3.34. The molecule has 3 rings (SSSR count). The number of hydrogen-bond acceptors (Lipinski definition) is 5. The van der Waals surface area contributed by atoms with Crippen LogP contribution in [0.2, 0.25) is 0 Å². The number of hydrogen-bond donors (Lipinski definition) is 1. The maximum atomic E-state index is 11.6. The third kappa shape index (κ3) is 4.19. The molecule has 0 aliphatic carbocycles. The van der Waals surface area contributed by atoms with E-state index >= 15 is 0 Å². The molecule has 0 saturated heterocycles. The molecule has 0 fully saturated rings. The summed E-state index contributed by atoms with van der Waals surface area (Å²) < 4.78 is 29.0. The van der Waals surface area contributed by atoms with Gasteiger partial charge in [-0.1, -0.05) is 18.2 Å². The highest BCUT2D eigenvalue weighted by atomic mass is 32.2. The fourth-order valence-corrected chi connectivity index (χ4v) is 3.99. The van der Waals surface area contributed by atoms with Crippen molar-refractivity contribution in [2.24, 2.45) is 5.14 Å². The van der Waals surface area contributed by atoms with Crippen LogP contribution in [-0.2, 0) is 10.0 Å². The quantitative estimate of drug-likeness (QED) is 0.605. The number of furan rings is 1. The minimum Gasteiger partial charge on any atom is -0.456 e. The van der Waals surface area contributed by atoms with Gasteiger partial charge in [-0.3, -0.25) is 0 Å². The number of primary sulfonamides is 1. The van der Waals surface area contributed by atoms with Crippen molar-refractivity contribution in [1.29, 1.82) is 5.26 Å². The molecule has 150 valence electrons. The number of nitrogens with two attached hydrogens (primary N) is 1. The van der Waals surface area contributed by atoms with Crippen molar-refractivity contribution in [3.63, 3.8) is 0 Å². The summed E-state index contributed by atoms with van der Waals surface area (Å²) in [7, 11) is -4.11. The Bertz CT molecular complexity index is 1230. The van der Waals surface area contributed by atoms with Crippen LogP contribution in [0, 0.1) is 11.3 Å². The van der Waals surface area contributed by atoms with Gasteiger partial charge in [0.2, 0.25) is 10.0 Å². The van der Waals surface area contributed by atoms with Gasteiger partial charge in [0.1, 0.15) is 17.6 Å². The van der Waals surface area contributed by atoms with Crippen molar-refractivity contribution in [2.45, 2.75) is 20.8 Å². The lowest BCUT2D eigenvalue weighted by atomic mass is 10.0. The van der Waals surface area contributed by atoms with E-state index in [9.17, 15) is 8.42 Å². The molecule has 0 bridgehead atoms. The third-order valence-corrected chi connectivity index (χ3v) is 5.91. The molecule has 1 heterocycles. The van der Waals surface area contributed by atoms with E-state index in [0.717, 1.165) is 29.4 Å². The number of fused-ring (bicyclic) bond motifs is 1. The van der Waals surface area contributed by atoms with Gasteiger partial charge in [-0.25, -0.2) is 13.6 Å². The molecule has 2 aromatic carbocycles. The van der Waals surface area contributed by atoms with Crippen molar-refractivity contribution in [3.8, 4) is 17.4 Å². The number of sulfonamides is 1. The topological polar surface area (TPSA) is 100 Å². The Morgan fingerprint density at radius 1 is 1.07 bits per heavy atom. The van der Waals surface area contributed by atoms with Gasteiger partial charge in [0.25, 0.3) is 0 Å². The smallest absolute Gasteiger partial charge is 0.248 e. The van der Waals surface area contributed by atoms with Crippen molar-refractivity contribution in [1.82, 2.24) is 0 Å². The molecule has 0 atom stereocenters. The molecular weight excluding hydrogens is 386 g/mol. The van der Waals surface area contributed by atoms with Gasteiger partial charge in [-0.05, 0) is 61.9 Å². The van der Waals surface area contributed by atoms with Crippen LogP contribution < -0.4 is 10.0 Å². The number of rotatable bonds is 6. The van der Waals surface area contributed by atoms with Gasteiger partial charge in [0.15, 0.2) is 4.91 Å². The SMILES string of the molecule is CCN(CC)c1ccc2cc(-c3ccc(/C(C)=C(\C#N)S(N)(=O)=O)o3)ccc2c1. The Labute approximate surface area is 170 Å². The van der Waals surface area contributed by atoms with Crippen LogP contribution >= 0.6 is 0 Å². The first kappa shape index (κ1) is 20.6. The minimum absolute atomic E-state index is 0.186. The maximum Gasteiger partial charge on any atom is 0.248 e. The second-order valence-electron chi connectivity index (χ2n) is 6.69. The number of nitriles is 1. The average molecular weight is 410 g/mol. The second kappa shape index (κ2) is 8.11. The first-order chi connectivity index (χ1) is 13.8. The summed E-state index contributed by atoms with van der Waals surface area (Å²) >= 11 is 0. The minimum atomic E-state index is -4.11. The largest absolute Gasteiger partial charge is 0.456 e. The van der Waals surface area contributed by atoms with E-state index in [1.165, 1.54) is 12.6 Å². The van der Waals surface area contributed by atoms with E-state index in [2.05, 4.69) is 36.9 Å². The summed E-state index contributed by atoms with van der Waals surface area (Å²) in [4.78, 5) is 1.79. The first-order valence-electron chi connectivity index (χ1n) is 9.31. The van der Waals surface area contributed by atoms with Crippen molar-refractivity contribution in [3.05, 3.63) is 59.2 Å². The van der Waals surface area contributed by atoms with Crippen LogP contribution in [0.1, 0.15) is 26.5 Å². The third-order valence-electron chi connectivity index (χ3n) is 4.94. The van der Waals surface area contributed by atoms with Gasteiger partial charge in [-0.15, -0.1) is 0 Å². The molecule has 0 aliphatic rings. The van der Waals surface area contributed by atoms with Crippen LogP contribution in [0.3, 0.4) is 0 Å². The van der Waals surface area contributed by atoms with Gasteiger partial charge >= 0.3 is 0 Å². The number of nitrogens with zero attached hydrogens (tertiary/aromatic N) is 2. The standard InChI is InChI=1S/C22H23N3O3S/c1-4-25(5-2)19-9-8-16-12-18(7-6-17(16)13-19)21-11-10-20(28-21)15(3)22(14-23)29(24,26)27/h6-13H,4-5H2,1-3H3,(H2,24,26,27)/b22-15+. The zero-order valence-corrected chi connectivity index (χ0v) is 17.5. The molecule has 7 heteroatoms. The number of allylic oxidation sites excluding steroid dienone is 2. The lowest BCUT2D eigenvalue weighted by molar-refractivity contribution is 0.566. The monoisotopic (exact) mass is 409 g/mol. The van der Waals surface area contributed by atoms with E-state index in [1.807, 2.05) is 18.2 Å². The molecular formula is C22H23N3O3S. The van der Waals surface area contributed by atoms with Gasteiger partial charge in [0.05, 0.1) is 0 Å². The predicted octanol–water partition coefficient (Wildman–Crippen LogP) is 4.49. The molecule has 3 aromatic rings. The maximum absolute atomic E-state index is 11.6. The summed E-state index contributed by atoms with van der Waals surface area (Å²) in [6.07, 6.45) is 0. The molecule has 0 spiro atoms. The molecule has 29 heavy (non-hydrogen) atoms. The van der Waals surface area contributed by atoms with Gasteiger partial charge < -0.3 is 9.32 Å². The summed E-state index contributed by atoms with van der Waals surface area (Å²) in [5.41, 5.74) is 2.23. The second-order valence-corrected chi connectivity index (χ2v) is 8.19. The molecule has 0 saturated carbocycles. The van der Waals surface area contributed by atoms with Crippen LogP contribution in [0.15, 0.2) is 57.9 Å². The van der Waals surface area contributed by atoms with Crippen molar-refractivity contribution < 1.29 is 12.8 Å². The summed E-state index contributed by atoms with van der Waals surface area (Å²) in [5, 5.41) is 16.4. The zero-order valence-electron chi connectivity index (χ0n) is 16.6. The molecule has 1 aromatic heterocycles. The van der Waals surface area contributed by atoms with Crippen molar-refractivity contribution >= 4 is 32.1 Å². The number of anilines is 1. The molecule has 0 unspecified atom stereocenters. The van der Waals surface area contributed by atoms with Gasteiger partial charge in [0, 0.05) is 29.9 Å². The van der Waals surface area contributed by atoms with E-state index < -0.39 is 14.9 Å². The van der Waals surface area contributed by atoms with E-state index in [1.54, 1.807) is 18.2 Å². The molecule has 0 aliphatic heterocycles. The summed E-state index contributed by atoms with van der Waals surface area (Å²) in [6.45, 7) is 7.67. The Kier molecular flexibility index (Phi) is 5.78. The summed E-state index contributed by atoms with van der Waals surface area (Å²) in [5.74, 6) is 0.878. The van der Waals surface area contributed by atoms with Gasteiger partial charge in [-0.2, -0.15) is 5.26 Å². The van der Waals surface area contributed by atoms with Crippen molar-refractivity contribution in [2.75, 3.05) is 18.0 Å². The highest BCUT2D eigenvalue weighted by molar-refractivity contribution is 7.93. The summed E-state index contributed by atoms with van der Waals surface area (Å²) in [6, 6.07) is 17.4. The van der Waals surface area contributed by atoms with Crippen LogP contribution in [0.4, 0.5) is 5.69 Å². The zero-order chi connectivity index (χ0) is 21.2. The highest BCUT2D eigenvalue weighted by Gasteiger charge is 2.19. The fraction of sp³-hybridized carbons (Fsp3) is 0.227. The average Bonchev–Trinajstić information content (AvgIpc) is 3.18.